The second-order valence-corrected chi connectivity index (χ2v) is 6.76. The first-order valence-corrected chi connectivity index (χ1v) is 9.56. The zero-order valence-electron chi connectivity index (χ0n) is 15.2. The number of hydrogen-bond donors (Lipinski definition) is 3. The van der Waals surface area contributed by atoms with Gasteiger partial charge in [-0.15, -0.1) is 0 Å². The number of hydrogen-bond acceptors (Lipinski definition) is 5. The highest BCUT2D eigenvalue weighted by molar-refractivity contribution is 7.80. The molecule has 0 aliphatic rings. The van der Waals surface area contributed by atoms with E-state index in [0.717, 1.165) is 53.2 Å². The largest absolute Gasteiger partial charge is 0.360 e. The van der Waals surface area contributed by atoms with E-state index in [-0.39, 0.29) is 12.1 Å². The van der Waals surface area contributed by atoms with Gasteiger partial charge in [-0.3, -0.25) is 9.89 Å². The third kappa shape index (κ3) is 3.71. The number of amides is 1. The van der Waals surface area contributed by atoms with Gasteiger partial charge in [0.25, 0.3) is 5.91 Å². The van der Waals surface area contributed by atoms with Gasteiger partial charge in [0, 0.05) is 24.4 Å². The highest BCUT2D eigenvalue weighted by Gasteiger charge is 2.18. The average Bonchev–Trinajstić information content (AvgIpc) is 3.27. The predicted molar refractivity (Wildman–Crippen MR) is 106 cm³/mol. The van der Waals surface area contributed by atoms with E-state index >= 15 is 0 Å². The Bertz CT molecular complexity index is 888. The Labute approximate surface area is 157 Å². The maximum atomic E-state index is 12.5. The van der Waals surface area contributed by atoms with Crippen molar-refractivity contribution in [3.05, 3.63) is 24.0 Å². The number of H-pyrrole nitrogens is 1. The molecule has 0 spiro atoms. The van der Waals surface area contributed by atoms with E-state index in [0.29, 0.717) is 12.2 Å². The number of carbonyl (C=O) groups excluding carboxylic acids is 1. The summed E-state index contributed by atoms with van der Waals surface area (Å²) in [7, 11) is 1.65. The molecule has 140 valence electrons. The molecule has 0 bridgehead atoms. The number of thiol groups is 1. The molecule has 1 amide bonds. The second-order valence-electron chi connectivity index (χ2n) is 6.31. The Morgan fingerprint density at radius 2 is 2.12 bits per heavy atom. The first-order valence-electron chi connectivity index (χ1n) is 8.93. The van der Waals surface area contributed by atoms with Gasteiger partial charge in [-0.1, -0.05) is 12.8 Å². The van der Waals surface area contributed by atoms with Gasteiger partial charge in [0.1, 0.15) is 6.23 Å². The lowest BCUT2D eigenvalue weighted by atomic mass is 10.1. The van der Waals surface area contributed by atoms with Crippen LogP contribution in [0, 0.1) is 0 Å². The minimum Gasteiger partial charge on any atom is -0.360 e. The Kier molecular flexibility index (Phi) is 6.16. The fraction of sp³-hybridized carbons (Fsp3) is 0.500. The SMILES string of the molecule is COC(C)n1ncc2c3[nH]nc(C(=O)NCCCCCCS)c3ccc21. The van der Waals surface area contributed by atoms with Crippen LogP contribution < -0.4 is 5.32 Å². The molecule has 0 aliphatic heterocycles. The normalized spacial score (nSPS) is 12.7. The van der Waals surface area contributed by atoms with Crippen molar-refractivity contribution in [1.82, 2.24) is 25.3 Å². The monoisotopic (exact) mass is 375 g/mol. The van der Waals surface area contributed by atoms with Gasteiger partial charge >= 0.3 is 0 Å². The molecule has 26 heavy (non-hydrogen) atoms. The van der Waals surface area contributed by atoms with Gasteiger partial charge in [0.2, 0.25) is 0 Å². The molecule has 0 fully saturated rings. The predicted octanol–water partition coefficient (Wildman–Crippen LogP) is 3.30. The van der Waals surface area contributed by atoms with Crippen molar-refractivity contribution in [1.29, 1.82) is 0 Å². The molecule has 0 saturated heterocycles. The van der Waals surface area contributed by atoms with Gasteiger partial charge in [-0.05, 0) is 37.7 Å². The maximum absolute atomic E-state index is 12.5. The van der Waals surface area contributed by atoms with Crippen molar-refractivity contribution < 1.29 is 9.53 Å². The maximum Gasteiger partial charge on any atom is 0.272 e. The summed E-state index contributed by atoms with van der Waals surface area (Å²) in [5, 5.41) is 16.3. The van der Waals surface area contributed by atoms with Crippen molar-refractivity contribution in [2.24, 2.45) is 0 Å². The van der Waals surface area contributed by atoms with Crippen LogP contribution in [0.3, 0.4) is 0 Å². The molecule has 1 atom stereocenters. The third-order valence-electron chi connectivity index (χ3n) is 4.59. The average molecular weight is 375 g/mol. The molecule has 0 radical (unpaired) electrons. The summed E-state index contributed by atoms with van der Waals surface area (Å²) in [6.45, 7) is 2.59. The topological polar surface area (TPSA) is 84.8 Å². The second kappa shape index (κ2) is 8.55. The number of nitrogens with one attached hydrogen (secondary N) is 2. The zero-order chi connectivity index (χ0) is 18.5. The minimum absolute atomic E-state index is 0.151. The standard InChI is InChI=1S/C18H25N5O2S/c1-12(25-2)23-15-8-7-13-16(14(15)11-20-23)21-22-17(13)18(24)19-9-5-3-4-6-10-26/h7-8,11-12,26H,3-6,9-10H2,1-2H3,(H,19,24)(H,21,22). The van der Waals surface area contributed by atoms with Crippen LogP contribution in [0.5, 0.6) is 0 Å². The molecule has 2 N–H and O–H groups in total. The Balaban J connectivity index is 1.75. The van der Waals surface area contributed by atoms with Gasteiger partial charge in [0.15, 0.2) is 5.69 Å². The van der Waals surface area contributed by atoms with Gasteiger partial charge in [-0.25, -0.2) is 4.68 Å². The highest BCUT2D eigenvalue weighted by atomic mass is 32.1. The summed E-state index contributed by atoms with van der Waals surface area (Å²) in [6, 6.07) is 3.85. The number of carbonyl (C=O) groups is 1. The molecule has 2 aromatic heterocycles. The van der Waals surface area contributed by atoms with Crippen molar-refractivity contribution >= 4 is 40.3 Å². The lowest BCUT2D eigenvalue weighted by molar-refractivity contribution is 0.0539. The van der Waals surface area contributed by atoms with Crippen LogP contribution in [0.15, 0.2) is 18.3 Å². The Hall–Kier alpha value is -2.06. The summed E-state index contributed by atoms with van der Waals surface area (Å²) in [4.78, 5) is 12.5. The molecule has 1 aromatic carbocycles. The number of ether oxygens (including phenoxy) is 1. The van der Waals surface area contributed by atoms with Crippen molar-refractivity contribution in [3.8, 4) is 0 Å². The van der Waals surface area contributed by atoms with Gasteiger partial charge < -0.3 is 10.1 Å². The minimum atomic E-state index is -0.168. The molecule has 0 saturated carbocycles. The summed E-state index contributed by atoms with van der Waals surface area (Å²) in [5.74, 6) is 0.766. The zero-order valence-corrected chi connectivity index (χ0v) is 16.1. The Morgan fingerprint density at radius 1 is 1.31 bits per heavy atom. The van der Waals surface area contributed by atoms with E-state index in [1.807, 2.05) is 19.1 Å². The third-order valence-corrected chi connectivity index (χ3v) is 4.90. The van der Waals surface area contributed by atoms with E-state index in [1.165, 1.54) is 0 Å². The quantitative estimate of drug-likeness (QED) is 0.396. The number of aromatic nitrogens is 4. The number of fused-ring (bicyclic) bond motifs is 3. The summed E-state index contributed by atoms with van der Waals surface area (Å²) < 4.78 is 7.15. The summed E-state index contributed by atoms with van der Waals surface area (Å²) in [5.41, 5.74) is 2.17. The van der Waals surface area contributed by atoms with E-state index in [1.54, 1.807) is 18.0 Å². The molecule has 3 rings (SSSR count). The van der Waals surface area contributed by atoms with E-state index in [4.69, 9.17) is 4.74 Å². The molecule has 7 nitrogen and oxygen atoms in total. The number of aromatic amines is 1. The van der Waals surface area contributed by atoms with Crippen LogP contribution in [-0.4, -0.2) is 45.3 Å². The van der Waals surface area contributed by atoms with Crippen LogP contribution in [0.1, 0.15) is 49.3 Å². The van der Waals surface area contributed by atoms with E-state index in [9.17, 15) is 4.79 Å². The number of methoxy groups -OCH3 is 1. The molecule has 1 unspecified atom stereocenters. The Morgan fingerprint density at radius 3 is 2.88 bits per heavy atom. The van der Waals surface area contributed by atoms with Crippen molar-refractivity contribution in [2.75, 3.05) is 19.4 Å². The number of unbranched alkanes of at least 4 members (excludes halogenated alkanes) is 3. The first kappa shape index (κ1) is 18.7. The molecular weight excluding hydrogens is 350 g/mol. The van der Waals surface area contributed by atoms with Crippen LogP contribution in [0.2, 0.25) is 0 Å². The number of benzene rings is 1. The molecular formula is C18H25N5O2S. The lowest BCUT2D eigenvalue weighted by Crippen LogP contribution is -2.25. The molecule has 2 heterocycles. The van der Waals surface area contributed by atoms with E-state index in [2.05, 4.69) is 33.2 Å². The molecule has 3 aromatic rings. The first-order chi connectivity index (χ1) is 12.7. The molecule has 8 heteroatoms. The summed E-state index contributed by atoms with van der Waals surface area (Å²) in [6.07, 6.45) is 5.93. The lowest BCUT2D eigenvalue weighted by Gasteiger charge is -2.10. The smallest absolute Gasteiger partial charge is 0.272 e. The van der Waals surface area contributed by atoms with Crippen molar-refractivity contribution in [2.45, 2.75) is 38.8 Å². The number of nitrogens with zero attached hydrogens (tertiary/aromatic N) is 3. The van der Waals surface area contributed by atoms with Crippen LogP contribution in [0.4, 0.5) is 0 Å². The number of rotatable bonds is 9. The highest BCUT2D eigenvalue weighted by Crippen LogP contribution is 2.27. The van der Waals surface area contributed by atoms with Gasteiger partial charge in [0.05, 0.1) is 17.2 Å². The van der Waals surface area contributed by atoms with Crippen LogP contribution in [0.25, 0.3) is 21.8 Å². The van der Waals surface area contributed by atoms with Crippen LogP contribution >= 0.6 is 12.6 Å². The van der Waals surface area contributed by atoms with Crippen LogP contribution in [-0.2, 0) is 4.74 Å². The van der Waals surface area contributed by atoms with Gasteiger partial charge in [-0.2, -0.15) is 22.8 Å². The van der Waals surface area contributed by atoms with E-state index < -0.39 is 0 Å². The van der Waals surface area contributed by atoms with Crippen molar-refractivity contribution in [3.63, 3.8) is 0 Å². The fourth-order valence-corrected chi connectivity index (χ4v) is 3.27. The fourth-order valence-electron chi connectivity index (χ4n) is 3.05. The molecule has 0 aliphatic carbocycles. The summed E-state index contributed by atoms with van der Waals surface area (Å²) >= 11 is 4.20.